The van der Waals surface area contributed by atoms with Crippen molar-refractivity contribution in [2.75, 3.05) is 21.3 Å². The van der Waals surface area contributed by atoms with E-state index in [1.165, 1.54) is 33.5 Å². The van der Waals surface area contributed by atoms with Crippen molar-refractivity contribution >= 4 is 11.6 Å². The fourth-order valence-corrected chi connectivity index (χ4v) is 1.54. The standard InChI is InChI=1S/C13H15FO5/c1-17-12-5-4-8(6-9(12)14)10(15)7-11(16)13(18-2)19-3/h4-6,13H,7H2,1-3H3. The van der Waals surface area contributed by atoms with Crippen molar-refractivity contribution in [3.05, 3.63) is 29.6 Å². The van der Waals surface area contributed by atoms with E-state index >= 15 is 0 Å². The average Bonchev–Trinajstić information content (AvgIpc) is 2.39. The number of carbonyl (C=O) groups is 2. The molecule has 0 radical (unpaired) electrons. The van der Waals surface area contributed by atoms with E-state index in [0.29, 0.717) is 0 Å². The van der Waals surface area contributed by atoms with Gasteiger partial charge < -0.3 is 14.2 Å². The molecule has 6 heteroatoms. The molecule has 0 saturated heterocycles. The summed E-state index contributed by atoms with van der Waals surface area (Å²) in [7, 11) is 3.92. The number of Topliss-reactive ketones (excluding diaryl/α,β-unsaturated/α-hetero) is 2. The third-order valence-corrected chi connectivity index (χ3v) is 2.50. The Morgan fingerprint density at radius 3 is 2.32 bits per heavy atom. The molecule has 0 spiro atoms. The monoisotopic (exact) mass is 270 g/mol. The van der Waals surface area contributed by atoms with Crippen LogP contribution in [0.4, 0.5) is 4.39 Å². The minimum atomic E-state index is -1.09. The second kappa shape index (κ2) is 6.96. The summed E-state index contributed by atoms with van der Waals surface area (Å²) in [6.45, 7) is 0. The fourth-order valence-electron chi connectivity index (χ4n) is 1.54. The molecule has 0 heterocycles. The maximum absolute atomic E-state index is 13.4. The van der Waals surface area contributed by atoms with Crippen LogP contribution in [0.15, 0.2) is 18.2 Å². The summed E-state index contributed by atoms with van der Waals surface area (Å²) in [6, 6.07) is 3.76. The Balaban J connectivity index is 2.78. The first-order valence-electron chi connectivity index (χ1n) is 5.48. The van der Waals surface area contributed by atoms with Crippen LogP contribution >= 0.6 is 0 Å². The van der Waals surface area contributed by atoms with Crippen LogP contribution in [0.5, 0.6) is 5.75 Å². The molecule has 0 atom stereocenters. The lowest BCUT2D eigenvalue weighted by atomic mass is 10.1. The van der Waals surface area contributed by atoms with Crippen molar-refractivity contribution in [1.82, 2.24) is 0 Å². The Hall–Kier alpha value is -1.79. The van der Waals surface area contributed by atoms with Gasteiger partial charge in [-0.2, -0.15) is 0 Å². The first kappa shape index (κ1) is 15.3. The summed E-state index contributed by atoms with van der Waals surface area (Å²) in [6.07, 6.45) is -1.51. The van der Waals surface area contributed by atoms with Gasteiger partial charge in [-0.3, -0.25) is 9.59 Å². The van der Waals surface area contributed by atoms with Crippen molar-refractivity contribution in [2.24, 2.45) is 0 Å². The zero-order valence-corrected chi connectivity index (χ0v) is 10.9. The molecular weight excluding hydrogens is 255 g/mol. The highest BCUT2D eigenvalue weighted by molar-refractivity contribution is 6.08. The van der Waals surface area contributed by atoms with E-state index in [1.807, 2.05) is 0 Å². The summed E-state index contributed by atoms with van der Waals surface area (Å²) < 4.78 is 27.6. The smallest absolute Gasteiger partial charge is 0.217 e. The van der Waals surface area contributed by atoms with E-state index in [-0.39, 0.29) is 11.3 Å². The highest BCUT2D eigenvalue weighted by Gasteiger charge is 2.21. The lowest BCUT2D eigenvalue weighted by molar-refractivity contribution is -0.155. The molecule has 0 aromatic heterocycles. The van der Waals surface area contributed by atoms with Crippen LogP contribution in [0, 0.1) is 5.82 Å². The number of rotatable bonds is 7. The second-order valence-electron chi connectivity index (χ2n) is 3.72. The second-order valence-corrected chi connectivity index (χ2v) is 3.72. The van der Waals surface area contributed by atoms with E-state index < -0.39 is 30.1 Å². The summed E-state index contributed by atoms with van der Waals surface area (Å²) in [5.41, 5.74) is 0.0950. The minimum absolute atomic E-state index is 0.0366. The number of halogens is 1. The summed E-state index contributed by atoms with van der Waals surface area (Å²) >= 11 is 0. The number of benzene rings is 1. The van der Waals surface area contributed by atoms with Crippen LogP contribution < -0.4 is 4.74 Å². The topological polar surface area (TPSA) is 61.8 Å². The maximum Gasteiger partial charge on any atom is 0.217 e. The highest BCUT2D eigenvalue weighted by Crippen LogP contribution is 2.18. The van der Waals surface area contributed by atoms with Gasteiger partial charge in [0.05, 0.1) is 13.5 Å². The molecule has 1 aromatic carbocycles. The van der Waals surface area contributed by atoms with Gasteiger partial charge in [-0.1, -0.05) is 0 Å². The number of hydrogen-bond acceptors (Lipinski definition) is 5. The molecule has 0 bridgehead atoms. The Morgan fingerprint density at radius 2 is 1.84 bits per heavy atom. The van der Waals surface area contributed by atoms with Gasteiger partial charge in [-0.15, -0.1) is 0 Å². The van der Waals surface area contributed by atoms with Crippen molar-refractivity contribution < 1.29 is 28.2 Å². The molecule has 1 aromatic rings. The zero-order valence-electron chi connectivity index (χ0n) is 10.9. The number of carbonyl (C=O) groups excluding carboxylic acids is 2. The lowest BCUT2D eigenvalue weighted by Gasteiger charge is -2.11. The van der Waals surface area contributed by atoms with Gasteiger partial charge >= 0.3 is 0 Å². The van der Waals surface area contributed by atoms with Gasteiger partial charge in [-0.05, 0) is 18.2 Å². The highest BCUT2D eigenvalue weighted by atomic mass is 19.1. The predicted molar refractivity (Wildman–Crippen MR) is 64.7 cm³/mol. The largest absolute Gasteiger partial charge is 0.494 e. The lowest BCUT2D eigenvalue weighted by Crippen LogP contribution is -2.27. The van der Waals surface area contributed by atoms with Crippen molar-refractivity contribution in [3.8, 4) is 5.75 Å². The third kappa shape index (κ3) is 3.84. The van der Waals surface area contributed by atoms with Crippen LogP contribution in [0.25, 0.3) is 0 Å². The fraction of sp³-hybridized carbons (Fsp3) is 0.385. The predicted octanol–water partition coefficient (Wildman–Crippen LogP) is 1.60. The van der Waals surface area contributed by atoms with Crippen LogP contribution in [-0.4, -0.2) is 39.2 Å². The van der Waals surface area contributed by atoms with E-state index in [0.717, 1.165) is 6.07 Å². The Kier molecular flexibility index (Phi) is 5.59. The molecule has 0 fully saturated rings. The van der Waals surface area contributed by atoms with Gasteiger partial charge in [0.25, 0.3) is 0 Å². The van der Waals surface area contributed by atoms with Gasteiger partial charge in [0, 0.05) is 19.8 Å². The molecule has 0 amide bonds. The molecule has 1 rings (SSSR count). The molecule has 5 nitrogen and oxygen atoms in total. The van der Waals surface area contributed by atoms with Gasteiger partial charge in [0.15, 0.2) is 23.1 Å². The third-order valence-electron chi connectivity index (χ3n) is 2.50. The number of hydrogen-bond donors (Lipinski definition) is 0. The summed E-state index contributed by atoms with van der Waals surface area (Å²) in [4.78, 5) is 23.4. The van der Waals surface area contributed by atoms with Crippen molar-refractivity contribution in [3.63, 3.8) is 0 Å². The molecule has 0 unspecified atom stereocenters. The molecule has 0 saturated carbocycles. The maximum atomic E-state index is 13.4. The zero-order chi connectivity index (χ0) is 14.4. The molecule has 0 aliphatic heterocycles. The molecule has 0 N–H and O–H groups in total. The number of methoxy groups -OCH3 is 3. The number of ether oxygens (including phenoxy) is 3. The molecule has 19 heavy (non-hydrogen) atoms. The van der Waals surface area contributed by atoms with Crippen LogP contribution in [0.3, 0.4) is 0 Å². The van der Waals surface area contributed by atoms with Crippen LogP contribution in [0.1, 0.15) is 16.8 Å². The van der Waals surface area contributed by atoms with Crippen molar-refractivity contribution in [1.29, 1.82) is 0 Å². The first-order chi connectivity index (χ1) is 9.03. The van der Waals surface area contributed by atoms with Gasteiger partial charge in [-0.25, -0.2) is 4.39 Å². The SMILES string of the molecule is COc1ccc(C(=O)CC(=O)C(OC)OC)cc1F. The van der Waals surface area contributed by atoms with E-state index in [4.69, 9.17) is 14.2 Å². The Labute approximate surface area is 110 Å². The van der Waals surface area contributed by atoms with Crippen LogP contribution in [0.2, 0.25) is 0 Å². The molecule has 104 valence electrons. The molecular formula is C13H15FO5. The quantitative estimate of drug-likeness (QED) is 0.428. The van der Waals surface area contributed by atoms with Crippen molar-refractivity contribution in [2.45, 2.75) is 12.7 Å². The van der Waals surface area contributed by atoms with Gasteiger partial charge in [0.1, 0.15) is 0 Å². The Bertz CT molecular complexity index is 468. The van der Waals surface area contributed by atoms with E-state index in [9.17, 15) is 14.0 Å². The van der Waals surface area contributed by atoms with E-state index in [2.05, 4.69) is 0 Å². The molecule has 0 aliphatic rings. The number of ketones is 2. The van der Waals surface area contributed by atoms with Gasteiger partial charge in [0.2, 0.25) is 6.29 Å². The first-order valence-corrected chi connectivity index (χ1v) is 5.48. The van der Waals surface area contributed by atoms with Crippen LogP contribution in [-0.2, 0) is 14.3 Å². The van der Waals surface area contributed by atoms with E-state index in [1.54, 1.807) is 0 Å². The minimum Gasteiger partial charge on any atom is -0.494 e. The average molecular weight is 270 g/mol. The Morgan fingerprint density at radius 1 is 1.21 bits per heavy atom. The normalized spacial score (nSPS) is 10.6. The summed E-state index contributed by atoms with van der Waals surface area (Å²) in [5, 5.41) is 0. The summed E-state index contributed by atoms with van der Waals surface area (Å²) in [5.74, 6) is -1.65. The molecule has 0 aliphatic carbocycles.